The molecule has 0 spiro atoms. The summed E-state index contributed by atoms with van der Waals surface area (Å²) in [5.74, 6) is 0.292. The Hall–Kier alpha value is -1.16. The molecule has 0 radical (unpaired) electrons. The first-order chi connectivity index (χ1) is 9.15. The van der Waals surface area contributed by atoms with E-state index >= 15 is 0 Å². The fourth-order valence-corrected chi connectivity index (χ4v) is 3.18. The number of ketones is 1. The number of rotatable bonds is 4. The van der Waals surface area contributed by atoms with Crippen LogP contribution < -0.4 is 0 Å². The van der Waals surface area contributed by atoms with Crippen LogP contribution in [0.2, 0.25) is 0 Å². The summed E-state index contributed by atoms with van der Waals surface area (Å²) >= 11 is 0. The molecule has 1 heterocycles. The molecule has 4 heteroatoms. The highest BCUT2D eigenvalue weighted by atomic mass is 16.5. The third-order valence-electron chi connectivity index (χ3n) is 3.98. The van der Waals surface area contributed by atoms with Crippen molar-refractivity contribution >= 4 is 11.8 Å². The number of ether oxygens (including phenoxy) is 1. The van der Waals surface area contributed by atoms with Crippen LogP contribution in [0.3, 0.4) is 0 Å². The molecular formula is C15H23NO3. The highest BCUT2D eigenvalue weighted by Crippen LogP contribution is 2.32. The molecule has 106 valence electrons. The second-order valence-corrected chi connectivity index (χ2v) is 5.40. The van der Waals surface area contributed by atoms with Crippen molar-refractivity contribution < 1.29 is 14.3 Å². The smallest absolute Gasteiger partial charge is 0.335 e. The van der Waals surface area contributed by atoms with E-state index in [1.807, 2.05) is 13.0 Å². The van der Waals surface area contributed by atoms with Crippen molar-refractivity contribution in [2.24, 2.45) is 5.92 Å². The molecule has 0 unspecified atom stereocenters. The Bertz CT molecular complexity index is 389. The monoisotopic (exact) mass is 265 g/mol. The molecular weight excluding hydrogens is 242 g/mol. The van der Waals surface area contributed by atoms with Crippen LogP contribution in [0, 0.1) is 5.92 Å². The minimum Gasteiger partial charge on any atom is -0.463 e. The van der Waals surface area contributed by atoms with Crippen molar-refractivity contribution in [2.75, 3.05) is 19.7 Å². The normalized spacial score (nSPS) is 27.7. The molecule has 1 fully saturated rings. The first-order valence-electron chi connectivity index (χ1n) is 7.29. The van der Waals surface area contributed by atoms with E-state index in [0.717, 1.165) is 25.0 Å². The maximum atomic E-state index is 11.9. The number of hydrogen-bond acceptors (Lipinski definition) is 4. The van der Waals surface area contributed by atoms with Gasteiger partial charge in [0.1, 0.15) is 5.78 Å². The van der Waals surface area contributed by atoms with Gasteiger partial charge in [-0.15, -0.1) is 0 Å². The van der Waals surface area contributed by atoms with Crippen molar-refractivity contribution in [1.82, 2.24) is 4.90 Å². The molecule has 2 aliphatic rings. The summed E-state index contributed by atoms with van der Waals surface area (Å²) in [5.41, 5.74) is 0.728. The summed E-state index contributed by atoms with van der Waals surface area (Å²) in [6, 6.07) is 0.427. The van der Waals surface area contributed by atoms with E-state index in [2.05, 4.69) is 11.8 Å². The molecule has 19 heavy (non-hydrogen) atoms. The van der Waals surface area contributed by atoms with Crippen molar-refractivity contribution in [3.63, 3.8) is 0 Å². The number of nitrogens with zero attached hydrogens (tertiary/aromatic N) is 1. The van der Waals surface area contributed by atoms with Gasteiger partial charge in [0.15, 0.2) is 0 Å². The minimum atomic E-state index is -0.222. The van der Waals surface area contributed by atoms with E-state index in [1.165, 1.54) is 0 Å². The van der Waals surface area contributed by atoms with E-state index in [1.54, 1.807) is 0 Å². The number of carbonyl (C=O) groups is 2. The molecule has 4 nitrogen and oxygen atoms in total. The molecule has 1 aliphatic carbocycles. The highest BCUT2D eigenvalue weighted by Gasteiger charge is 2.36. The van der Waals surface area contributed by atoms with Gasteiger partial charge in [0.2, 0.25) is 0 Å². The Morgan fingerprint density at radius 3 is 2.95 bits per heavy atom. The standard InChI is InChI=1S/C15H23NO3/c1-3-7-16-10-12(15(18)19-4-2)8-11-9-13(17)5-6-14(11)16/h8,11,14H,3-7,9-10H2,1-2H3/t11-,14-/m1/s1. The topological polar surface area (TPSA) is 46.6 Å². The van der Waals surface area contributed by atoms with Crippen LogP contribution in [0.5, 0.6) is 0 Å². The number of hydrogen-bond donors (Lipinski definition) is 0. The first kappa shape index (κ1) is 14.3. The van der Waals surface area contributed by atoms with Crippen LogP contribution >= 0.6 is 0 Å². The molecule has 2 rings (SSSR count). The molecule has 0 aromatic carbocycles. The van der Waals surface area contributed by atoms with Gasteiger partial charge in [0.25, 0.3) is 0 Å². The average Bonchev–Trinajstić information content (AvgIpc) is 2.38. The zero-order valence-electron chi connectivity index (χ0n) is 11.9. The molecule has 0 bridgehead atoms. The van der Waals surface area contributed by atoms with E-state index < -0.39 is 0 Å². The molecule has 0 aromatic heterocycles. The van der Waals surface area contributed by atoms with Crippen LogP contribution in [0.15, 0.2) is 11.6 Å². The summed E-state index contributed by atoms with van der Waals surface area (Å²) in [4.78, 5) is 25.9. The minimum absolute atomic E-state index is 0.195. The third kappa shape index (κ3) is 3.24. The van der Waals surface area contributed by atoms with Gasteiger partial charge in [-0.05, 0) is 26.3 Å². The average molecular weight is 265 g/mol. The van der Waals surface area contributed by atoms with Crippen LogP contribution in [0.4, 0.5) is 0 Å². The molecule has 0 aromatic rings. The predicted molar refractivity (Wildman–Crippen MR) is 72.7 cm³/mol. The second-order valence-electron chi connectivity index (χ2n) is 5.40. The SMILES string of the molecule is CCCN1CC(C(=O)OCC)=C[C@@H]2CC(=O)CC[C@H]21. The van der Waals surface area contributed by atoms with E-state index in [4.69, 9.17) is 4.74 Å². The van der Waals surface area contributed by atoms with Gasteiger partial charge in [-0.25, -0.2) is 4.79 Å². The van der Waals surface area contributed by atoms with Crippen molar-refractivity contribution in [3.05, 3.63) is 11.6 Å². The largest absolute Gasteiger partial charge is 0.463 e. The van der Waals surface area contributed by atoms with E-state index in [9.17, 15) is 9.59 Å². The van der Waals surface area contributed by atoms with Gasteiger partial charge >= 0.3 is 5.97 Å². The number of fused-ring (bicyclic) bond motifs is 1. The quantitative estimate of drug-likeness (QED) is 0.729. The van der Waals surface area contributed by atoms with Gasteiger partial charge in [-0.3, -0.25) is 9.69 Å². The summed E-state index contributed by atoms with van der Waals surface area (Å²) in [5, 5.41) is 0. The Morgan fingerprint density at radius 2 is 2.26 bits per heavy atom. The molecule has 1 saturated carbocycles. The lowest BCUT2D eigenvalue weighted by molar-refractivity contribution is -0.139. The molecule has 2 atom stereocenters. The zero-order valence-corrected chi connectivity index (χ0v) is 11.9. The Morgan fingerprint density at radius 1 is 1.47 bits per heavy atom. The van der Waals surface area contributed by atoms with Crippen LogP contribution in [-0.2, 0) is 14.3 Å². The zero-order chi connectivity index (χ0) is 13.8. The molecule has 0 saturated heterocycles. The van der Waals surface area contributed by atoms with Crippen LogP contribution in [0.1, 0.15) is 39.5 Å². The van der Waals surface area contributed by atoms with Gasteiger partial charge in [-0.1, -0.05) is 13.0 Å². The lowest BCUT2D eigenvalue weighted by Gasteiger charge is -2.42. The van der Waals surface area contributed by atoms with E-state index in [0.29, 0.717) is 37.8 Å². The number of Topliss-reactive ketones (excluding diaryl/α,β-unsaturated/α-hetero) is 1. The predicted octanol–water partition coefficient (Wildman–Crippen LogP) is 1.94. The number of carbonyl (C=O) groups excluding carboxylic acids is 2. The Kier molecular flexibility index (Phi) is 4.75. The van der Waals surface area contributed by atoms with Crippen molar-refractivity contribution in [1.29, 1.82) is 0 Å². The van der Waals surface area contributed by atoms with Gasteiger partial charge in [0.05, 0.1) is 6.61 Å². The van der Waals surface area contributed by atoms with Crippen molar-refractivity contribution in [3.8, 4) is 0 Å². The maximum Gasteiger partial charge on any atom is 0.335 e. The summed E-state index contributed by atoms with van der Waals surface area (Å²) in [7, 11) is 0. The van der Waals surface area contributed by atoms with Crippen LogP contribution in [0.25, 0.3) is 0 Å². The van der Waals surface area contributed by atoms with Crippen molar-refractivity contribution in [2.45, 2.75) is 45.6 Å². The maximum absolute atomic E-state index is 11.9. The van der Waals surface area contributed by atoms with Gasteiger partial charge in [0, 0.05) is 36.9 Å². The fraction of sp³-hybridized carbons (Fsp3) is 0.733. The summed E-state index contributed by atoms with van der Waals surface area (Å²) in [6.07, 6.45) is 5.24. The fourth-order valence-electron chi connectivity index (χ4n) is 3.18. The molecule has 0 amide bonds. The van der Waals surface area contributed by atoms with Crippen LogP contribution in [-0.4, -0.2) is 42.4 Å². The van der Waals surface area contributed by atoms with E-state index in [-0.39, 0.29) is 11.9 Å². The number of esters is 1. The molecule has 1 aliphatic heterocycles. The summed E-state index contributed by atoms with van der Waals surface area (Å²) in [6.45, 7) is 6.01. The highest BCUT2D eigenvalue weighted by molar-refractivity contribution is 5.89. The first-order valence-corrected chi connectivity index (χ1v) is 7.29. The lowest BCUT2D eigenvalue weighted by Crippen LogP contribution is -2.48. The Labute approximate surface area is 114 Å². The molecule has 0 N–H and O–H groups in total. The summed E-state index contributed by atoms with van der Waals surface area (Å²) < 4.78 is 5.10. The third-order valence-corrected chi connectivity index (χ3v) is 3.98. The van der Waals surface area contributed by atoms with Gasteiger partial charge in [-0.2, -0.15) is 0 Å². The van der Waals surface area contributed by atoms with Gasteiger partial charge < -0.3 is 4.74 Å². The lowest BCUT2D eigenvalue weighted by atomic mass is 9.79. The Balaban J connectivity index is 2.17. The second kappa shape index (κ2) is 6.33.